The highest BCUT2D eigenvalue weighted by atomic mass is 127. The van der Waals surface area contributed by atoms with Crippen molar-refractivity contribution in [2.45, 2.75) is 19.8 Å². The van der Waals surface area contributed by atoms with Gasteiger partial charge in [0.1, 0.15) is 3.70 Å². The van der Waals surface area contributed by atoms with Crippen LogP contribution in [-0.2, 0) is 16.0 Å². The molecule has 0 unspecified atom stereocenters. The molecule has 0 saturated heterocycles. The Bertz CT molecular complexity index is 429. The molecule has 0 aliphatic rings. The van der Waals surface area contributed by atoms with Gasteiger partial charge in [-0.05, 0) is 51.0 Å². The van der Waals surface area contributed by atoms with Crippen molar-refractivity contribution in [3.05, 3.63) is 25.5 Å². The number of carbonyl (C=O) groups excluding carboxylic acids is 1. The van der Waals surface area contributed by atoms with Crippen molar-refractivity contribution in [3.63, 3.8) is 0 Å². The Hall–Kier alpha value is -0.310. The molecule has 0 aromatic carbocycles. The molecule has 0 bridgehead atoms. The highest BCUT2D eigenvalue weighted by Gasteiger charge is 2.20. The Labute approximate surface area is 119 Å². The summed E-state index contributed by atoms with van der Waals surface area (Å²) in [6, 6.07) is 0. The summed E-state index contributed by atoms with van der Waals surface area (Å²) in [5.41, 5.74) is 0.214. The van der Waals surface area contributed by atoms with E-state index in [1.54, 1.807) is 29.5 Å². The van der Waals surface area contributed by atoms with E-state index in [0.717, 1.165) is 0 Å². The minimum Gasteiger partial charge on any atom is -0.466 e. The van der Waals surface area contributed by atoms with Crippen LogP contribution in [0.5, 0.6) is 0 Å². The van der Waals surface area contributed by atoms with Crippen molar-refractivity contribution in [1.29, 1.82) is 0 Å². The fraction of sp³-hybridized carbons (Fsp3) is 0.400. The van der Waals surface area contributed by atoms with Crippen LogP contribution in [0.2, 0.25) is 0 Å². The van der Waals surface area contributed by atoms with Crippen molar-refractivity contribution in [1.82, 2.24) is 4.98 Å². The minimum atomic E-state index is -2.63. The summed E-state index contributed by atoms with van der Waals surface area (Å²) in [4.78, 5) is 15.1. The molecule has 0 amide bonds. The number of rotatable bonds is 4. The summed E-state index contributed by atoms with van der Waals surface area (Å²) < 4.78 is 30.7. The lowest BCUT2D eigenvalue weighted by Gasteiger charge is -2.10. The molecule has 0 radical (unpaired) electrons. The standard InChI is InChI=1S/C10H9BrF2INO2/c1-2-17-6(16)3-5-4-15-10(14)7(8(5)11)9(12)13/h4,9H,2-3H2,1H3. The third-order valence-electron chi connectivity index (χ3n) is 1.93. The number of hydrogen-bond donors (Lipinski definition) is 0. The van der Waals surface area contributed by atoms with Crippen LogP contribution in [0.25, 0.3) is 0 Å². The second-order valence-corrected chi connectivity index (χ2v) is 4.90. The number of hydrogen-bond acceptors (Lipinski definition) is 3. The first-order valence-electron chi connectivity index (χ1n) is 4.73. The third-order valence-corrected chi connectivity index (χ3v) is 3.73. The zero-order chi connectivity index (χ0) is 13.0. The largest absolute Gasteiger partial charge is 0.466 e. The number of carbonyl (C=O) groups is 1. The normalized spacial score (nSPS) is 10.7. The molecule has 7 heteroatoms. The Morgan fingerprint density at radius 1 is 1.65 bits per heavy atom. The van der Waals surface area contributed by atoms with E-state index in [9.17, 15) is 13.6 Å². The van der Waals surface area contributed by atoms with Crippen molar-refractivity contribution >= 4 is 44.5 Å². The van der Waals surface area contributed by atoms with Gasteiger partial charge in [-0.3, -0.25) is 4.79 Å². The summed E-state index contributed by atoms with van der Waals surface area (Å²) >= 11 is 4.81. The quantitative estimate of drug-likeness (QED) is 0.426. The van der Waals surface area contributed by atoms with Gasteiger partial charge in [0.2, 0.25) is 0 Å². The Morgan fingerprint density at radius 3 is 2.82 bits per heavy atom. The van der Waals surface area contributed by atoms with E-state index in [-0.39, 0.29) is 26.8 Å². The number of esters is 1. The predicted octanol–water partition coefficient (Wildman–Crippen LogP) is 3.49. The first kappa shape index (κ1) is 14.7. The molecule has 0 aliphatic carbocycles. The van der Waals surface area contributed by atoms with Gasteiger partial charge in [0, 0.05) is 10.7 Å². The highest BCUT2D eigenvalue weighted by Crippen LogP contribution is 2.33. The average Bonchev–Trinajstić information content (AvgIpc) is 2.22. The summed E-state index contributed by atoms with van der Waals surface area (Å²) in [6.45, 7) is 1.94. The van der Waals surface area contributed by atoms with E-state index >= 15 is 0 Å². The van der Waals surface area contributed by atoms with Crippen LogP contribution in [0.1, 0.15) is 24.5 Å². The molecule has 0 atom stereocenters. The maximum atomic E-state index is 12.8. The van der Waals surface area contributed by atoms with Gasteiger partial charge >= 0.3 is 5.97 Å². The van der Waals surface area contributed by atoms with Crippen LogP contribution in [0.4, 0.5) is 8.78 Å². The molecule has 3 nitrogen and oxygen atoms in total. The molecule has 0 saturated carbocycles. The van der Waals surface area contributed by atoms with E-state index < -0.39 is 12.4 Å². The molecular formula is C10H9BrF2INO2. The SMILES string of the molecule is CCOC(=O)Cc1cnc(I)c(C(F)F)c1Br. The second kappa shape index (κ2) is 6.58. The van der Waals surface area contributed by atoms with Gasteiger partial charge in [-0.2, -0.15) is 0 Å². The summed E-state index contributed by atoms with van der Waals surface area (Å²) in [6.07, 6.45) is -1.31. The smallest absolute Gasteiger partial charge is 0.310 e. The maximum absolute atomic E-state index is 12.8. The molecule has 1 rings (SSSR count). The van der Waals surface area contributed by atoms with Gasteiger partial charge in [-0.25, -0.2) is 13.8 Å². The average molecular weight is 420 g/mol. The number of halogens is 4. The third kappa shape index (κ3) is 3.84. The van der Waals surface area contributed by atoms with Crippen molar-refractivity contribution in [2.24, 2.45) is 0 Å². The molecule has 1 aromatic rings. The fourth-order valence-electron chi connectivity index (χ4n) is 1.20. The monoisotopic (exact) mass is 419 g/mol. The lowest BCUT2D eigenvalue weighted by molar-refractivity contribution is -0.142. The second-order valence-electron chi connectivity index (χ2n) is 3.08. The Kier molecular flexibility index (Phi) is 5.71. The highest BCUT2D eigenvalue weighted by molar-refractivity contribution is 14.1. The van der Waals surface area contributed by atoms with Crippen LogP contribution in [-0.4, -0.2) is 17.6 Å². The molecule has 0 N–H and O–H groups in total. The van der Waals surface area contributed by atoms with Gasteiger partial charge in [0.25, 0.3) is 6.43 Å². The number of alkyl halides is 2. The van der Waals surface area contributed by atoms with Crippen LogP contribution in [0, 0.1) is 3.70 Å². The topological polar surface area (TPSA) is 39.2 Å². The van der Waals surface area contributed by atoms with Gasteiger partial charge in [-0.1, -0.05) is 0 Å². The van der Waals surface area contributed by atoms with Crippen LogP contribution >= 0.6 is 38.5 Å². The van der Waals surface area contributed by atoms with Gasteiger partial charge in [0.05, 0.1) is 18.6 Å². The summed E-state index contributed by atoms with van der Waals surface area (Å²) in [5, 5.41) is 0. The van der Waals surface area contributed by atoms with Crippen LogP contribution < -0.4 is 0 Å². The van der Waals surface area contributed by atoms with Gasteiger partial charge in [-0.15, -0.1) is 0 Å². The zero-order valence-corrected chi connectivity index (χ0v) is 12.6. The van der Waals surface area contributed by atoms with Crippen LogP contribution in [0.15, 0.2) is 10.7 Å². The fourth-order valence-corrected chi connectivity index (χ4v) is 2.82. The Morgan fingerprint density at radius 2 is 2.29 bits per heavy atom. The lowest BCUT2D eigenvalue weighted by Crippen LogP contribution is -2.10. The molecule has 0 fully saturated rings. The summed E-state index contributed by atoms with van der Waals surface area (Å²) in [7, 11) is 0. The maximum Gasteiger partial charge on any atom is 0.310 e. The number of aromatic nitrogens is 1. The number of nitrogens with zero attached hydrogens (tertiary/aromatic N) is 1. The Balaban J connectivity index is 3.02. The first-order chi connectivity index (χ1) is 7.97. The van der Waals surface area contributed by atoms with Crippen molar-refractivity contribution in [2.75, 3.05) is 6.61 Å². The predicted molar refractivity (Wildman–Crippen MR) is 69.9 cm³/mol. The molecular weight excluding hydrogens is 411 g/mol. The molecule has 1 heterocycles. The minimum absolute atomic E-state index is 0.0714. The molecule has 17 heavy (non-hydrogen) atoms. The van der Waals surface area contributed by atoms with E-state index in [2.05, 4.69) is 20.9 Å². The summed E-state index contributed by atoms with van der Waals surface area (Å²) in [5.74, 6) is -0.462. The van der Waals surface area contributed by atoms with Crippen LogP contribution in [0.3, 0.4) is 0 Å². The number of ether oxygens (including phenoxy) is 1. The van der Waals surface area contributed by atoms with Crippen molar-refractivity contribution in [3.8, 4) is 0 Å². The van der Waals surface area contributed by atoms with Crippen molar-refractivity contribution < 1.29 is 18.3 Å². The molecule has 0 spiro atoms. The number of pyridine rings is 1. The lowest BCUT2D eigenvalue weighted by atomic mass is 10.1. The van der Waals surface area contributed by atoms with Gasteiger partial charge < -0.3 is 4.74 Å². The zero-order valence-electron chi connectivity index (χ0n) is 8.84. The van der Waals surface area contributed by atoms with E-state index in [4.69, 9.17) is 4.74 Å². The van der Waals surface area contributed by atoms with E-state index in [0.29, 0.717) is 5.56 Å². The van der Waals surface area contributed by atoms with Gasteiger partial charge in [0.15, 0.2) is 0 Å². The molecule has 94 valence electrons. The first-order valence-corrected chi connectivity index (χ1v) is 6.61. The molecule has 0 aliphatic heterocycles. The van der Waals surface area contributed by atoms with E-state index in [1.807, 2.05) is 0 Å². The van der Waals surface area contributed by atoms with E-state index in [1.165, 1.54) is 6.20 Å². The molecule has 1 aromatic heterocycles.